The van der Waals surface area contributed by atoms with Crippen LogP contribution in [0.3, 0.4) is 0 Å². The Morgan fingerprint density at radius 3 is 2.84 bits per heavy atom. The Hall–Kier alpha value is -1.85. The molecule has 0 aliphatic heterocycles. The molecule has 2 aromatic rings. The van der Waals surface area contributed by atoms with Crippen molar-refractivity contribution in [3.05, 3.63) is 47.2 Å². The number of nitrogens with two attached hydrogens (primary N) is 1. The highest BCUT2D eigenvalue weighted by Crippen LogP contribution is 2.29. The van der Waals surface area contributed by atoms with Crippen LogP contribution in [-0.2, 0) is 0 Å². The molecule has 0 spiro atoms. The zero-order valence-electron chi connectivity index (χ0n) is 10.2. The first-order valence-corrected chi connectivity index (χ1v) is 6.25. The van der Waals surface area contributed by atoms with Crippen molar-refractivity contribution in [2.45, 2.75) is 0 Å². The number of nitrogens with zero attached hydrogens (tertiary/aromatic N) is 1. The number of halogens is 1. The number of pyridine rings is 1. The van der Waals surface area contributed by atoms with E-state index in [1.165, 1.54) is 0 Å². The molecule has 0 atom stereocenters. The van der Waals surface area contributed by atoms with Crippen LogP contribution in [0.25, 0.3) is 0 Å². The highest BCUT2D eigenvalue weighted by atomic mass is 35.5. The molecule has 2 rings (SSSR count). The van der Waals surface area contributed by atoms with Gasteiger partial charge in [0.05, 0.1) is 24.0 Å². The van der Waals surface area contributed by atoms with Crippen LogP contribution in [0.15, 0.2) is 36.7 Å². The number of rotatable bonds is 4. The monoisotopic (exact) mass is 293 g/mol. The van der Waals surface area contributed by atoms with E-state index in [-0.39, 0.29) is 0 Å². The first-order chi connectivity index (χ1) is 9.11. The van der Waals surface area contributed by atoms with Crippen molar-refractivity contribution in [3.8, 4) is 5.75 Å². The van der Waals surface area contributed by atoms with Crippen molar-refractivity contribution < 1.29 is 4.74 Å². The Morgan fingerprint density at radius 1 is 1.42 bits per heavy atom. The SMILES string of the molecule is COc1ccc(Nc2cnccc2C(N)=S)cc1Cl. The van der Waals surface area contributed by atoms with Crippen LogP contribution in [0.5, 0.6) is 5.75 Å². The predicted octanol–water partition coefficient (Wildman–Crippen LogP) is 3.12. The molecule has 6 heteroatoms. The van der Waals surface area contributed by atoms with Gasteiger partial charge in [0, 0.05) is 17.4 Å². The normalized spacial score (nSPS) is 10.0. The van der Waals surface area contributed by atoms with E-state index >= 15 is 0 Å². The van der Waals surface area contributed by atoms with Crippen LogP contribution in [-0.4, -0.2) is 17.1 Å². The van der Waals surface area contributed by atoms with Crippen molar-refractivity contribution in [2.75, 3.05) is 12.4 Å². The molecule has 0 fully saturated rings. The lowest BCUT2D eigenvalue weighted by Gasteiger charge is -2.11. The van der Waals surface area contributed by atoms with Crippen LogP contribution in [0.2, 0.25) is 5.02 Å². The average Bonchev–Trinajstić information content (AvgIpc) is 2.39. The summed E-state index contributed by atoms with van der Waals surface area (Å²) in [5, 5.41) is 3.70. The molecule has 0 amide bonds. The van der Waals surface area contributed by atoms with E-state index in [0.717, 1.165) is 16.9 Å². The lowest BCUT2D eigenvalue weighted by Crippen LogP contribution is -2.12. The molecule has 4 nitrogen and oxygen atoms in total. The second-order valence-electron chi connectivity index (χ2n) is 3.76. The highest BCUT2D eigenvalue weighted by Gasteiger charge is 2.07. The molecular formula is C13H12ClN3OS. The molecule has 1 aromatic carbocycles. The van der Waals surface area contributed by atoms with E-state index in [4.69, 9.17) is 34.3 Å². The predicted molar refractivity (Wildman–Crippen MR) is 81.4 cm³/mol. The van der Waals surface area contributed by atoms with Crippen LogP contribution >= 0.6 is 23.8 Å². The fourth-order valence-electron chi connectivity index (χ4n) is 1.61. The number of anilines is 2. The van der Waals surface area contributed by atoms with E-state index in [9.17, 15) is 0 Å². The fraction of sp³-hybridized carbons (Fsp3) is 0.0769. The summed E-state index contributed by atoms with van der Waals surface area (Å²) in [5.74, 6) is 0.618. The molecule has 98 valence electrons. The molecular weight excluding hydrogens is 282 g/mol. The van der Waals surface area contributed by atoms with Crippen molar-refractivity contribution in [2.24, 2.45) is 5.73 Å². The standard InChI is InChI=1S/C13H12ClN3OS/c1-18-12-3-2-8(6-10(12)14)17-11-7-16-5-4-9(11)13(15)19/h2-7,17H,1H3,(H2,15,19). The van der Waals surface area contributed by atoms with Gasteiger partial charge in [-0.1, -0.05) is 23.8 Å². The minimum Gasteiger partial charge on any atom is -0.495 e. The van der Waals surface area contributed by atoms with Crippen molar-refractivity contribution in [3.63, 3.8) is 0 Å². The number of thiocarbonyl (C=S) groups is 1. The van der Waals surface area contributed by atoms with E-state index in [2.05, 4.69) is 10.3 Å². The molecule has 19 heavy (non-hydrogen) atoms. The lowest BCUT2D eigenvalue weighted by atomic mass is 10.2. The maximum atomic E-state index is 6.07. The van der Waals surface area contributed by atoms with Gasteiger partial charge in [-0.05, 0) is 24.3 Å². The average molecular weight is 294 g/mol. The number of aromatic nitrogens is 1. The van der Waals surface area contributed by atoms with Gasteiger partial charge in [0.1, 0.15) is 10.7 Å². The lowest BCUT2D eigenvalue weighted by molar-refractivity contribution is 0.415. The Labute approximate surface area is 121 Å². The summed E-state index contributed by atoms with van der Waals surface area (Å²) in [7, 11) is 1.57. The number of benzene rings is 1. The second kappa shape index (κ2) is 5.86. The maximum absolute atomic E-state index is 6.07. The van der Waals surface area contributed by atoms with Gasteiger partial charge in [-0.15, -0.1) is 0 Å². The first kappa shape index (κ1) is 13.6. The quantitative estimate of drug-likeness (QED) is 0.848. The topological polar surface area (TPSA) is 60.2 Å². The van der Waals surface area contributed by atoms with Crippen molar-refractivity contribution >= 4 is 40.2 Å². The summed E-state index contributed by atoms with van der Waals surface area (Å²) in [5.41, 5.74) is 7.93. The molecule has 0 unspecified atom stereocenters. The first-order valence-electron chi connectivity index (χ1n) is 5.46. The minimum atomic E-state index is 0.310. The maximum Gasteiger partial charge on any atom is 0.137 e. The number of hydrogen-bond donors (Lipinski definition) is 2. The molecule has 0 aliphatic carbocycles. The molecule has 0 saturated heterocycles. The van der Waals surface area contributed by atoms with E-state index in [0.29, 0.717) is 15.8 Å². The van der Waals surface area contributed by atoms with Gasteiger partial charge in [0.25, 0.3) is 0 Å². The molecule has 0 saturated carbocycles. The number of nitrogens with one attached hydrogen (secondary N) is 1. The minimum absolute atomic E-state index is 0.310. The third-order valence-electron chi connectivity index (χ3n) is 2.52. The summed E-state index contributed by atoms with van der Waals surface area (Å²) in [6.07, 6.45) is 3.30. The number of hydrogen-bond acceptors (Lipinski definition) is 4. The van der Waals surface area contributed by atoms with Crippen LogP contribution in [0.1, 0.15) is 5.56 Å². The van der Waals surface area contributed by atoms with Crippen LogP contribution < -0.4 is 15.8 Å². The van der Waals surface area contributed by atoms with Gasteiger partial charge >= 0.3 is 0 Å². The number of methoxy groups -OCH3 is 1. The molecule has 1 aromatic heterocycles. The molecule has 0 aliphatic rings. The van der Waals surface area contributed by atoms with E-state index in [1.54, 1.807) is 37.7 Å². The highest BCUT2D eigenvalue weighted by molar-refractivity contribution is 7.80. The molecule has 0 radical (unpaired) electrons. The fourth-order valence-corrected chi connectivity index (χ4v) is 2.04. The summed E-state index contributed by atoms with van der Waals surface area (Å²) in [6.45, 7) is 0. The van der Waals surface area contributed by atoms with Crippen molar-refractivity contribution in [1.29, 1.82) is 0 Å². The van der Waals surface area contributed by atoms with Gasteiger partial charge in [-0.25, -0.2) is 0 Å². The van der Waals surface area contributed by atoms with Gasteiger partial charge in [0.15, 0.2) is 0 Å². The molecule has 3 N–H and O–H groups in total. The summed E-state index contributed by atoms with van der Waals surface area (Å²) in [6, 6.07) is 7.15. The zero-order valence-corrected chi connectivity index (χ0v) is 11.8. The third kappa shape index (κ3) is 3.13. The Kier molecular flexibility index (Phi) is 4.19. The van der Waals surface area contributed by atoms with Gasteiger partial charge in [-0.3, -0.25) is 4.98 Å². The van der Waals surface area contributed by atoms with Crippen LogP contribution in [0, 0.1) is 0 Å². The van der Waals surface area contributed by atoms with Gasteiger partial charge < -0.3 is 15.8 Å². The van der Waals surface area contributed by atoms with Crippen molar-refractivity contribution in [1.82, 2.24) is 4.98 Å². The summed E-state index contributed by atoms with van der Waals surface area (Å²) >= 11 is 11.1. The Bertz CT molecular complexity index is 619. The zero-order chi connectivity index (χ0) is 13.8. The molecule has 0 bridgehead atoms. The Balaban J connectivity index is 2.31. The third-order valence-corrected chi connectivity index (χ3v) is 3.03. The smallest absolute Gasteiger partial charge is 0.137 e. The van der Waals surface area contributed by atoms with E-state index in [1.807, 2.05) is 6.07 Å². The van der Waals surface area contributed by atoms with Gasteiger partial charge in [-0.2, -0.15) is 0 Å². The Morgan fingerprint density at radius 2 is 2.21 bits per heavy atom. The van der Waals surface area contributed by atoms with Crippen LogP contribution in [0.4, 0.5) is 11.4 Å². The number of ether oxygens (including phenoxy) is 1. The summed E-state index contributed by atoms with van der Waals surface area (Å²) < 4.78 is 5.10. The van der Waals surface area contributed by atoms with E-state index < -0.39 is 0 Å². The molecule has 1 heterocycles. The second-order valence-corrected chi connectivity index (χ2v) is 4.61. The largest absolute Gasteiger partial charge is 0.495 e. The summed E-state index contributed by atoms with van der Waals surface area (Å²) in [4.78, 5) is 4.35. The van der Waals surface area contributed by atoms with Gasteiger partial charge in [0.2, 0.25) is 0 Å².